The predicted molar refractivity (Wildman–Crippen MR) is 89.1 cm³/mol. The minimum atomic E-state index is -0.215. The summed E-state index contributed by atoms with van der Waals surface area (Å²) in [5.74, 6) is -0.215. The molecule has 0 N–H and O–H groups in total. The largest absolute Gasteiger partial charge is 0.309 e. The molecule has 0 bridgehead atoms. The van der Waals surface area contributed by atoms with E-state index in [1.165, 1.54) is 11.6 Å². The Kier molecular flexibility index (Phi) is 4.34. The molecular weight excluding hydrogens is 275 g/mol. The molecule has 1 atom stereocenters. The summed E-state index contributed by atoms with van der Waals surface area (Å²) >= 11 is 0. The molecule has 0 saturated heterocycles. The van der Waals surface area contributed by atoms with E-state index in [9.17, 15) is 4.39 Å². The molecule has 2 nitrogen and oxygen atoms in total. The number of nitrogens with zero attached hydrogens (tertiary/aromatic N) is 2. The summed E-state index contributed by atoms with van der Waals surface area (Å²) in [7, 11) is 4.15. The van der Waals surface area contributed by atoms with Crippen LogP contribution < -0.4 is 0 Å². The molecule has 2 aromatic carbocycles. The smallest absolute Gasteiger partial charge is 0.123 e. The molecule has 0 aromatic heterocycles. The fraction of sp³-hybridized carbons (Fsp3) is 0.316. The molecule has 22 heavy (non-hydrogen) atoms. The number of hydrogen-bond donors (Lipinski definition) is 0. The Morgan fingerprint density at radius 2 is 1.95 bits per heavy atom. The summed E-state index contributed by atoms with van der Waals surface area (Å²) in [4.78, 5) is 7.11. The second-order valence-electron chi connectivity index (χ2n) is 6.10. The zero-order valence-corrected chi connectivity index (χ0v) is 13.1. The van der Waals surface area contributed by atoms with Gasteiger partial charge in [-0.25, -0.2) is 4.39 Å². The van der Waals surface area contributed by atoms with Crippen molar-refractivity contribution in [3.63, 3.8) is 0 Å². The van der Waals surface area contributed by atoms with Crippen LogP contribution in [0.4, 0.5) is 4.39 Å². The Bertz CT molecular complexity index is 691. The molecule has 0 radical (unpaired) electrons. The van der Waals surface area contributed by atoms with E-state index < -0.39 is 0 Å². The molecule has 3 rings (SSSR count). The van der Waals surface area contributed by atoms with Gasteiger partial charge in [0.15, 0.2) is 0 Å². The van der Waals surface area contributed by atoms with Gasteiger partial charge in [0.05, 0.1) is 11.8 Å². The van der Waals surface area contributed by atoms with Crippen LogP contribution in [0, 0.1) is 5.82 Å². The maximum absolute atomic E-state index is 13.6. The van der Waals surface area contributed by atoms with Crippen molar-refractivity contribution in [2.75, 3.05) is 20.6 Å². The van der Waals surface area contributed by atoms with Gasteiger partial charge in [-0.1, -0.05) is 36.4 Å². The van der Waals surface area contributed by atoms with E-state index in [2.05, 4.69) is 37.2 Å². The van der Waals surface area contributed by atoms with Gasteiger partial charge in [0.1, 0.15) is 5.82 Å². The Morgan fingerprint density at radius 1 is 1.14 bits per heavy atom. The highest BCUT2D eigenvalue weighted by molar-refractivity contribution is 6.14. The molecule has 1 heterocycles. The van der Waals surface area contributed by atoms with Crippen molar-refractivity contribution >= 4 is 5.71 Å². The number of benzene rings is 2. The monoisotopic (exact) mass is 296 g/mol. The van der Waals surface area contributed by atoms with Gasteiger partial charge in [-0.3, -0.25) is 4.99 Å². The number of rotatable bonds is 4. The van der Waals surface area contributed by atoms with Crippen molar-refractivity contribution in [2.24, 2.45) is 4.99 Å². The number of fused-ring (bicyclic) bond motifs is 1. The lowest BCUT2D eigenvalue weighted by atomic mass is 9.89. The average molecular weight is 296 g/mol. The second kappa shape index (κ2) is 6.41. The standard InChI is InChI=1S/C19H21FN2/c1-22(2)11-10-17-13-14-6-3-4-9-18(14)19(21-17)15-7-5-8-16(20)12-15/h3-9,12,17H,10-11,13H2,1-2H3. The third-order valence-corrected chi connectivity index (χ3v) is 4.05. The number of hydrogen-bond acceptors (Lipinski definition) is 2. The number of halogens is 1. The van der Waals surface area contributed by atoms with Crippen LogP contribution in [0.2, 0.25) is 0 Å². The third-order valence-electron chi connectivity index (χ3n) is 4.05. The van der Waals surface area contributed by atoms with Gasteiger partial charge >= 0.3 is 0 Å². The molecule has 0 aliphatic carbocycles. The van der Waals surface area contributed by atoms with Crippen LogP contribution in [0.1, 0.15) is 23.1 Å². The summed E-state index contributed by atoms with van der Waals surface area (Å²) < 4.78 is 13.6. The van der Waals surface area contributed by atoms with Crippen LogP contribution in [0.5, 0.6) is 0 Å². The molecule has 2 aromatic rings. The van der Waals surface area contributed by atoms with Gasteiger partial charge in [0.25, 0.3) is 0 Å². The van der Waals surface area contributed by atoms with Crippen LogP contribution in [0.15, 0.2) is 53.5 Å². The molecular formula is C19H21FN2. The predicted octanol–water partition coefficient (Wildman–Crippen LogP) is 3.54. The molecule has 3 heteroatoms. The van der Waals surface area contributed by atoms with E-state index >= 15 is 0 Å². The fourth-order valence-corrected chi connectivity index (χ4v) is 2.92. The Morgan fingerprint density at radius 3 is 2.73 bits per heavy atom. The summed E-state index contributed by atoms with van der Waals surface area (Å²) in [6, 6.07) is 15.3. The maximum Gasteiger partial charge on any atom is 0.123 e. The van der Waals surface area contributed by atoms with E-state index in [0.29, 0.717) is 0 Å². The first kappa shape index (κ1) is 14.9. The quantitative estimate of drug-likeness (QED) is 0.842. The van der Waals surface area contributed by atoms with Crippen molar-refractivity contribution in [3.05, 3.63) is 71.0 Å². The van der Waals surface area contributed by atoms with Crippen molar-refractivity contribution in [2.45, 2.75) is 18.9 Å². The minimum absolute atomic E-state index is 0.215. The highest BCUT2D eigenvalue weighted by Gasteiger charge is 2.21. The summed E-state index contributed by atoms with van der Waals surface area (Å²) in [6.45, 7) is 1.01. The summed E-state index contributed by atoms with van der Waals surface area (Å²) in [5.41, 5.74) is 4.22. The van der Waals surface area contributed by atoms with Gasteiger partial charge in [-0.05, 0) is 51.2 Å². The molecule has 1 unspecified atom stereocenters. The Hall–Kier alpha value is -2.00. The lowest BCUT2D eigenvalue weighted by Crippen LogP contribution is -2.25. The van der Waals surface area contributed by atoms with Crippen molar-refractivity contribution in [1.82, 2.24) is 4.90 Å². The molecule has 0 spiro atoms. The SMILES string of the molecule is CN(C)CCC1Cc2ccccc2C(c2cccc(F)c2)=N1. The van der Waals surface area contributed by atoms with E-state index in [4.69, 9.17) is 4.99 Å². The van der Waals surface area contributed by atoms with Gasteiger partial charge < -0.3 is 4.90 Å². The van der Waals surface area contributed by atoms with Gasteiger partial charge in [0.2, 0.25) is 0 Å². The molecule has 0 fully saturated rings. The highest BCUT2D eigenvalue weighted by atomic mass is 19.1. The van der Waals surface area contributed by atoms with Gasteiger partial charge in [0, 0.05) is 11.1 Å². The van der Waals surface area contributed by atoms with Crippen LogP contribution in [0.3, 0.4) is 0 Å². The first-order valence-corrected chi connectivity index (χ1v) is 7.70. The lowest BCUT2D eigenvalue weighted by Gasteiger charge is -2.24. The van der Waals surface area contributed by atoms with Crippen molar-refractivity contribution < 1.29 is 4.39 Å². The maximum atomic E-state index is 13.6. The van der Waals surface area contributed by atoms with Crippen molar-refractivity contribution in [3.8, 4) is 0 Å². The molecule has 0 amide bonds. The molecule has 114 valence electrons. The summed E-state index contributed by atoms with van der Waals surface area (Å²) in [6.07, 6.45) is 1.98. The molecule has 1 aliphatic heterocycles. The first-order chi connectivity index (χ1) is 10.6. The highest BCUT2D eigenvalue weighted by Crippen LogP contribution is 2.25. The summed E-state index contributed by atoms with van der Waals surface area (Å²) in [5, 5.41) is 0. The van der Waals surface area contributed by atoms with Crippen molar-refractivity contribution in [1.29, 1.82) is 0 Å². The van der Waals surface area contributed by atoms with E-state index in [1.807, 2.05) is 12.1 Å². The van der Waals surface area contributed by atoms with E-state index in [1.54, 1.807) is 12.1 Å². The zero-order valence-electron chi connectivity index (χ0n) is 13.1. The van der Waals surface area contributed by atoms with Gasteiger partial charge in [-0.15, -0.1) is 0 Å². The Labute approximate surface area is 131 Å². The molecule has 0 saturated carbocycles. The first-order valence-electron chi connectivity index (χ1n) is 7.70. The normalized spacial score (nSPS) is 17.3. The minimum Gasteiger partial charge on any atom is -0.309 e. The van der Waals surface area contributed by atoms with Crippen LogP contribution in [-0.2, 0) is 6.42 Å². The molecule has 1 aliphatic rings. The fourth-order valence-electron chi connectivity index (χ4n) is 2.92. The zero-order chi connectivity index (χ0) is 15.5. The van der Waals surface area contributed by atoms with Crippen LogP contribution >= 0.6 is 0 Å². The van der Waals surface area contributed by atoms with Crippen LogP contribution in [0.25, 0.3) is 0 Å². The Balaban J connectivity index is 1.98. The lowest BCUT2D eigenvalue weighted by molar-refractivity contribution is 0.379. The van der Waals surface area contributed by atoms with Crippen LogP contribution in [-0.4, -0.2) is 37.3 Å². The topological polar surface area (TPSA) is 15.6 Å². The number of aliphatic imine (C=N–C) groups is 1. The van der Waals surface area contributed by atoms with E-state index in [0.717, 1.165) is 36.2 Å². The van der Waals surface area contributed by atoms with E-state index in [-0.39, 0.29) is 11.9 Å². The average Bonchev–Trinajstić information content (AvgIpc) is 2.52. The third kappa shape index (κ3) is 3.25. The second-order valence-corrected chi connectivity index (χ2v) is 6.10. The van der Waals surface area contributed by atoms with Gasteiger partial charge in [-0.2, -0.15) is 0 Å².